The van der Waals surface area contributed by atoms with E-state index in [4.69, 9.17) is 0 Å². The standard InChI is InChI=1S/C21H27F3N6/c1-20(2,3)17-10-18(21(22,23)24)30-19(26-17)9-16(27-30)15-5-7-29(8-6-15)13-14-11-25-28(4)12-14/h9-12,15H,5-8,13H2,1-4H3. The van der Waals surface area contributed by atoms with Gasteiger partial charge in [0.2, 0.25) is 0 Å². The molecule has 162 valence electrons. The van der Waals surface area contributed by atoms with Crippen LogP contribution in [0.1, 0.15) is 62.2 Å². The lowest BCUT2D eigenvalue weighted by molar-refractivity contribution is -0.142. The van der Waals surface area contributed by atoms with E-state index in [0.717, 1.165) is 48.6 Å². The summed E-state index contributed by atoms with van der Waals surface area (Å²) in [6.07, 6.45) is 1.10. The van der Waals surface area contributed by atoms with E-state index in [-0.39, 0.29) is 11.6 Å². The number of aromatic nitrogens is 5. The van der Waals surface area contributed by atoms with Crippen molar-refractivity contribution in [3.05, 3.63) is 47.2 Å². The quantitative estimate of drug-likeness (QED) is 0.639. The molecule has 4 heterocycles. The van der Waals surface area contributed by atoms with Crippen LogP contribution in [0.5, 0.6) is 0 Å². The van der Waals surface area contributed by atoms with Gasteiger partial charge in [-0.05, 0) is 32.0 Å². The van der Waals surface area contributed by atoms with Crippen LogP contribution in [0.2, 0.25) is 0 Å². The molecule has 0 radical (unpaired) electrons. The summed E-state index contributed by atoms with van der Waals surface area (Å²) in [7, 11) is 1.90. The SMILES string of the molecule is Cn1cc(CN2CCC(c3cc4nc(C(C)(C)C)cc(C(F)(F)F)n4n3)CC2)cn1. The molecule has 0 N–H and O–H groups in total. The first-order chi connectivity index (χ1) is 14.0. The summed E-state index contributed by atoms with van der Waals surface area (Å²) in [5.41, 5.74) is 1.29. The molecule has 0 unspecified atom stereocenters. The smallest absolute Gasteiger partial charge is 0.299 e. The van der Waals surface area contributed by atoms with Crippen LogP contribution in [0.15, 0.2) is 24.5 Å². The van der Waals surface area contributed by atoms with Crippen LogP contribution in [0.4, 0.5) is 13.2 Å². The van der Waals surface area contributed by atoms with Crippen LogP contribution >= 0.6 is 0 Å². The number of rotatable bonds is 3. The Kier molecular flexibility index (Phi) is 5.12. The fraction of sp³-hybridized carbons (Fsp3) is 0.571. The van der Waals surface area contributed by atoms with Crippen molar-refractivity contribution in [1.29, 1.82) is 0 Å². The fourth-order valence-corrected chi connectivity index (χ4v) is 3.98. The molecule has 0 aliphatic carbocycles. The minimum Gasteiger partial charge on any atom is -0.299 e. The van der Waals surface area contributed by atoms with Gasteiger partial charge in [-0.2, -0.15) is 23.4 Å². The average molecular weight is 420 g/mol. The maximum atomic E-state index is 13.7. The predicted molar refractivity (Wildman–Crippen MR) is 107 cm³/mol. The molecule has 1 fully saturated rings. The third kappa shape index (κ3) is 4.21. The van der Waals surface area contributed by atoms with Crippen LogP contribution in [0.3, 0.4) is 0 Å². The Morgan fingerprint density at radius 2 is 1.80 bits per heavy atom. The maximum Gasteiger partial charge on any atom is 0.433 e. The van der Waals surface area contributed by atoms with Crippen LogP contribution in [-0.4, -0.2) is 42.4 Å². The van der Waals surface area contributed by atoms with Gasteiger partial charge in [-0.25, -0.2) is 9.50 Å². The molecule has 1 aliphatic heterocycles. The van der Waals surface area contributed by atoms with Gasteiger partial charge >= 0.3 is 6.18 Å². The van der Waals surface area contributed by atoms with Gasteiger partial charge in [-0.1, -0.05) is 20.8 Å². The Bertz CT molecular complexity index is 1040. The number of hydrogen-bond donors (Lipinski definition) is 0. The Labute approximate surface area is 173 Å². The highest BCUT2D eigenvalue weighted by Gasteiger charge is 2.37. The lowest BCUT2D eigenvalue weighted by Crippen LogP contribution is -2.32. The summed E-state index contributed by atoms with van der Waals surface area (Å²) in [6, 6.07) is 2.85. The highest BCUT2D eigenvalue weighted by molar-refractivity contribution is 5.44. The molecule has 6 nitrogen and oxygen atoms in total. The minimum atomic E-state index is -4.49. The minimum absolute atomic E-state index is 0.135. The summed E-state index contributed by atoms with van der Waals surface area (Å²) in [6.45, 7) is 8.17. The van der Waals surface area contributed by atoms with Gasteiger partial charge in [0.1, 0.15) is 5.69 Å². The van der Waals surface area contributed by atoms with Crippen molar-refractivity contribution in [2.24, 2.45) is 7.05 Å². The molecule has 0 atom stereocenters. The van der Waals surface area contributed by atoms with Gasteiger partial charge in [0.05, 0.1) is 17.6 Å². The number of aryl methyl sites for hydroxylation is 1. The molecule has 3 aromatic heterocycles. The Hall–Kier alpha value is -2.42. The number of hydrogen-bond acceptors (Lipinski definition) is 4. The molecule has 30 heavy (non-hydrogen) atoms. The van der Waals surface area contributed by atoms with E-state index in [9.17, 15) is 13.2 Å². The van der Waals surface area contributed by atoms with Gasteiger partial charge in [-0.3, -0.25) is 9.58 Å². The second-order valence-electron chi connectivity index (χ2n) is 9.19. The van der Waals surface area contributed by atoms with Crippen molar-refractivity contribution in [3.63, 3.8) is 0 Å². The number of alkyl halides is 3. The number of piperidine rings is 1. The highest BCUT2D eigenvalue weighted by Crippen LogP contribution is 2.34. The molecule has 0 amide bonds. The van der Waals surface area contributed by atoms with Crippen molar-refractivity contribution in [2.75, 3.05) is 13.1 Å². The second-order valence-corrected chi connectivity index (χ2v) is 9.19. The van der Waals surface area contributed by atoms with Crippen molar-refractivity contribution in [1.82, 2.24) is 29.3 Å². The fourth-order valence-electron chi connectivity index (χ4n) is 3.98. The molecule has 1 saturated heterocycles. The van der Waals surface area contributed by atoms with Gasteiger partial charge in [0.25, 0.3) is 0 Å². The predicted octanol–water partition coefficient (Wildman–Crippen LogP) is 4.16. The molecule has 0 saturated carbocycles. The summed E-state index contributed by atoms with van der Waals surface area (Å²) in [4.78, 5) is 6.84. The summed E-state index contributed by atoms with van der Waals surface area (Å²) in [5, 5.41) is 8.54. The second kappa shape index (κ2) is 7.37. The molecule has 0 bridgehead atoms. The first-order valence-electron chi connectivity index (χ1n) is 10.2. The molecule has 9 heteroatoms. The van der Waals surface area contributed by atoms with Crippen LogP contribution in [-0.2, 0) is 25.2 Å². The largest absolute Gasteiger partial charge is 0.433 e. The van der Waals surface area contributed by atoms with Crippen LogP contribution in [0.25, 0.3) is 5.65 Å². The van der Waals surface area contributed by atoms with Gasteiger partial charge < -0.3 is 0 Å². The topological polar surface area (TPSA) is 51.2 Å². The van der Waals surface area contributed by atoms with Gasteiger partial charge in [0.15, 0.2) is 5.65 Å². The first-order valence-corrected chi connectivity index (χ1v) is 10.2. The molecule has 0 aromatic carbocycles. The van der Waals surface area contributed by atoms with E-state index in [2.05, 4.69) is 20.1 Å². The Morgan fingerprint density at radius 1 is 1.10 bits per heavy atom. The van der Waals surface area contributed by atoms with Crippen LogP contribution in [0, 0.1) is 0 Å². The number of nitrogens with zero attached hydrogens (tertiary/aromatic N) is 6. The molecular weight excluding hydrogens is 393 g/mol. The summed E-state index contributed by atoms with van der Waals surface area (Å²) in [5.74, 6) is 0.135. The third-order valence-corrected chi connectivity index (χ3v) is 5.68. The average Bonchev–Trinajstić information content (AvgIpc) is 3.25. The lowest BCUT2D eigenvalue weighted by atomic mass is 9.91. The van der Waals surface area contributed by atoms with E-state index in [1.165, 1.54) is 0 Å². The number of halogens is 3. The van der Waals surface area contributed by atoms with E-state index in [1.54, 1.807) is 10.7 Å². The van der Waals surface area contributed by atoms with Gasteiger partial charge in [0, 0.05) is 42.8 Å². The van der Waals surface area contributed by atoms with E-state index >= 15 is 0 Å². The number of likely N-dealkylation sites (tertiary alicyclic amines) is 1. The molecule has 0 spiro atoms. The van der Waals surface area contributed by atoms with Crippen molar-refractivity contribution < 1.29 is 13.2 Å². The Balaban J connectivity index is 1.56. The molecule has 1 aliphatic rings. The molecule has 3 aromatic rings. The molecule has 4 rings (SSSR count). The first kappa shape index (κ1) is 20.8. The molecular formula is C21H27F3N6. The monoisotopic (exact) mass is 420 g/mol. The maximum absolute atomic E-state index is 13.7. The van der Waals surface area contributed by atoms with Crippen molar-refractivity contribution >= 4 is 5.65 Å². The highest BCUT2D eigenvalue weighted by atomic mass is 19.4. The van der Waals surface area contributed by atoms with Gasteiger partial charge in [-0.15, -0.1) is 0 Å². The van der Waals surface area contributed by atoms with E-state index in [1.807, 2.05) is 40.2 Å². The zero-order chi connectivity index (χ0) is 21.7. The van der Waals surface area contributed by atoms with E-state index < -0.39 is 17.3 Å². The zero-order valence-corrected chi connectivity index (χ0v) is 17.7. The summed E-state index contributed by atoms with van der Waals surface area (Å²) < 4.78 is 43.8. The third-order valence-electron chi connectivity index (χ3n) is 5.68. The zero-order valence-electron chi connectivity index (χ0n) is 17.7. The van der Waals surface area contributed by atoms with Crippen LogP contribution < -0.4 is 0 Å². The van der Waals surface area contributed by atoms with E-state index in [0.29, 0.717) is 11.4 Å². The number of fused-ring (bicyclic) bond motifs is 1. The Morgan fingerprint density at radius 3 is 2.37 bits per heavy atom. The summed E-state index contributed by atoms with van der Waals surface area (Å²) >= 11 is 0. The normalized spacial score (nSPS) is 17.2. The van der Waals surface area contributed by atoms with Crippen molar-refractivity contribution in [2.45, 2.75) is 57.7 Å². The van der Waals surface area contributed by atoms with Crippen molar-refractivity contribution in [3.8, 4) is 0 Å². The lowest BCUT2D eigenvalue weighted by Gasteiger charge is -2.30.